The number of hydrogen-bond donors (Lipinski definition) is 1. The number of rotatable bonds is 6. The van der Waals surface area contributed by atoms with Crippen molar-refractivity contribution in [2.75, 3.05) is 20.0 Å². The maximum absolute atomic E-state index is 9.93. The van der Waals surface area contributed by atoms with Crippen molar-refractivity contribution < 1.29 is 19.4 Å². The molecule has 64 valence electrons. The first-order valence-electron chi connectivity index (χ1n) is 3.66. The molecular weight excluding hydrogens is 148 g/mol. The van der Waals surface area contributed by atoms with Crippen LogP contribution in [0.4, 0.5) is 0 Å². The van der Waals surface area contributed by atoms with Gasteiger partial charge in [0.25, 0.3) is 0 Å². The van der Waals surface area contributed by atoms with E-state index in [1.807, 2.05) is 0 Å². The van der Waals surface area contributed by atoms with Crippen LogP contribution in [0.1, 0.15) is 12.8 Å². The summed E-state index contributed by atoms with van der Waals surface area (Å²) in [6, 6.07) is 0. The normalized spacial score (nSPS) is 16.7. The molecular formula is C7H12O4. The Labute approximate surface area is 65.1 Å². The summed E-state index contributed by atoms with van der Waals surface area (Å²) in [7, 11) is 0. The van der Waals surface area contributed by atoms with E-state index in [1.165, 1.54) is 12.8 Å². The highest BCUT2D eigenvalue weighted by molar-refractivity contribution is 5.67. The zero-order valence-electron chi connectivity index (χ0n) is 6.28. The molecule has 0 radical (unpaired) electrons. The van der Waals surface area contributed by atoms with Gasteiger partial charge in [-0.15, -0.1) is 0 Å². The molecule has 1 aliphatic rings. The molecule has 11 heavy (non-hydrogen) atoms. The Morgan fingerprint density at radius 1 is 1.45 bits per heavy atom. The third-order valence-corrected chi connectivity index (χ3v) is 1.44. The highest BCUT2D eigenvalue weighted by atomic mass is 16.7. The number of carboxylic acid groups (broad SMARTS) is 1. The first kappa shape index (κ1) is 8.49. The lowest BCUT2D eigenvalue weighted by Gasteiger charge is -2.01. The number of hydrogen-bond acceptors (Lipinski definition) is 3. The van der Waals surface area contributed by atoms with Crippen molar-refractivity contribution in [3.63, 3.8) is 0 Å². The van der Waals surface area contributed by atoms with E-state index in [0.717, 1.165) is 0 Å². The van der Waals surface area contributed by atoms with Gasteiger partial charge in [-0.25, -0.2) is 4.79 Å². The van der Waals surface area contributed by atoms with Crippen LogP contribution in [-0.4, -0.2) is 31.1 Å². The van der Waals surface area contributed by atoms with Crippen molar-refractivity contribution in [2.45, 2.75) is 12.8 Å². The quantitative estimate of drug-likeness (QED) is 0.453. The van der Waals surface area contributed by atoms with E-state index in [9.17, 15) is 4.79 Å². The largest absolute Gasteiger partial charge is 0.480 e. The van der Waals surface area contributed by atoms with Crippen LogP contribution in [0.25, 0.3) is 0 Å². The first-order chi connectivity index (χ1) is 5.29. The fourth-order valence-electron chi connectivity index (χ4n) is 0.687. The molecule has 0 saturated heterocycles. The van der Waals surface area contributed by atoms with Crippen LogP contribution in [0.15, 0.2) is 0 Å². The zero-order valence-corrected chi connectivity index (χ0v) is 6.28. The maximum Gasteiger partial charge on any atom is 0.329 e. The third-order valence-electron chi connectivity index (χ3n) is 1.44. The van der Waals surface area contributed by atoms with Gasteiger partial charge in [-0.1, -0.05) is 0 Å². The summed E-state index contributed by atoms with van der Waals surface area (Å²) < 4.78 is 9.67. The highest BCUT2D eigenvalue weighted by Gasteiger charge is 2.20. The minimum Gasteiger partial charge on any atom is -0.480 e. The van der Waals surface area contributed by atoms with Gasteiger partial charge < -0.3 is 14.6 Å². The van der Waals surface area contributed by atoms with Gasteiger partial charge in [0, 0.05) is 0 Å². The molecule has 0 aliphatic heterocycles. The predicted octanol–water partition coefficient (Wildman–Crippen LogP) is 0.472. The Balaban J connectivity index is 1.76. The molecule has 0 bridgehead atoms. The van der Waals surface area contributed by atoms with Gasteiger partial charge in [0.2, 0.25) is 0 Å². The van der Waals surface area contributed by atoms with E-state index < -0.39 is 5.97 Å². The summed E-state index contributed by atoms with van der Waals surface area (Å²) in [5.74, 6) is -0.261. The van der Waals surface area contributed by atoms with Crippen LogP contribution in [0, 0.1) is 5.92 Å². The molecule has 0 aromatic heterocycles. The Kier molecular flexibility index (Phi) is 3.32. The lowest BCUT2D eigenvalue weighted by atomic mass is 10.5. The summed E-state index contributed by atoms with van der Waals surface area (Å²) in [4.78, 5) is 9.93. The fraction of sp³-hybridized carbons (Fsp3) is 0.857. The second kappa shape index (κ2) is 4.31. The highest BCUT2D eigenvalue weighted by Crippen LogP contribution is 2.28. The summed E-state index contributed by atoms with van der Waals surface area (Å²) >= 11 is 0. The molecule has 0 aromatic carbocycles. The third kappa shape index (κ3) is 4.75. The van der Waals surface area contributed by atoms with E-state index in [4.69, 9.17) is 9.84 Å². The van der Waals surface area contributed by atoms with Crippen LogP contribution in [0.3, 0.4) is 0 Å². The standard InChI is InChI=1S/C7H12O4/c8-7(9)4-11-5-10-3-6-1-2-6/h6H,1-5H2,(H,8,9). The molecule has 0 amide bonds. The van der Waals surface area contributed by atoms with Crippen molar-refractivity contribution in [2.24, 2.45) is 5.92 Å². The monoisotopic (exact) mass is 160 g/mol. The zero-order chi connectivity index (χ0) is 8.10. The molecule has 1 aliphatic carbocycles. The number of carbonyl (C=O) groups is 1. The maximum atomic E-state index is 9.93. The van der Waals surface area contributed by atoms with Crippen LogP contribution >= 0.6 is 0 Å². The first-order valence-corrected chi connectivity index (χ1v) is 3.66. The van der Waals surface area contributed by atoms with Crippen molar-refractivity contribution in [1.29, 1.82) is 0 Å². The topological polar surface area (TPSA) is 55.8 Å². The average molecular weight is 160 g/mol. The number of aliphatic carboxylic acids is 1. The molecule has 1 rings (SSSR count). The van der Waals surface area contributed by atoms with Gasteiger partial charge in [-0.2, -0.15) is 0 Å². The van der Waals surface area contributed by atoms with Crippen LogP contribution in [0.2, 0.25) is 0 Å². The molecule has 1 fully saturated rings. The van der Waals surface area contributed by atoms with Crippen molar-refractivity contribution in [3.8, 4) is 0 Å². The van der Waals surface area contributed by atoms with Gasteiger partial charge >= 0.3 is 5.97 Å². The Morgan fingerprint density at radius 2 is 2.18 bits per heavy atom. The van der Waals surface area contributed by atoms with Crippen LogP contribution < -0.4 is 0 Å². The number of ether oxygens (including phenoxy) is 2. The molecule has 0 spiro atoms. The molecule has 0 unspecified atom stereocenters. The van der Waals surface area contributed by atoms with E-state index in [1.54, 1.807) is 0 Å². The van der Waals surface area contributed by atoms with Crippen molar-refractivity contribution in [3.05, 3.63) is 0 Å². The van der Waals surface area contributed by atoms with Gasteiger partial charge in [-0.05, 0) is 18.8 Å². The Hall–Kier alpha value is -0.610. The average Bonchev–Trinajstić information content (AvgIpc) is 2.70. The predicted molar refractivity (Wildman–Crippen MR) is 37.1 cm³/mol. The van der Waals surface area contributed by atoms with Crippen LogP contribution in [0.5, 0.6) is 0 Å². The van der Waals surface area contributed by atoms with E-state index in [2.05, 4.69) is 4.74 Å². The summed E-state index contributed by atoms with van der Waals surface area (Å²) in [5, 5.41) is 8.15. The van der Waals surface area contributed by atoms with E-state index in [0.29, 0.717) is 12.5 Å². The lowest BCUT2D eigenvalue weighted by molar-refractivity contribution is -0.148. The summed E-state index contributed by atoms with van der Waals surface area (Å²) in [6.07, 6.45) is 2.47. The Morgan fingerprint density at radius 3 is 2.73 bits per heavy atom. The van der Waals surface area contributed by atoms with E-state index in [-0.39, 0.29) is 13.4 Å². The number of carboxylic acids is 1. The van der Waals surface area contributed by atoms with E-state index >= 15 is 0 Å². The lowest BCUT2D eigenvalue weighted by Crippen LogP contribution is -2.10. The molecule has 0 heterocycles. The van der Waals surface area contributed by atoms with Gasteiger partial charge in [0.05, 0.1) is 6.61 Å². The Bertz CT molecular complexity index is 130. The van der Waals surface area contributed by atoms with Gasteiger partial charge in [-0.3, -0.25) is 0 Å². The molecule has 0 aromatic rings. The van der Waals surface area contributed by atoms with Gasteiger partial charge in [0.15, 0.2) is 0 Å². The molecule has 4 heteroatoms. The minimum absolute atomic E-state index is 0.100. The van der Waals surface area contributed by atoms with Gasteiger partial charge in [0.1, 0.15) is 13.4 Å². The molecule has 1 saturated carbocycles. The SMILES string of the molecule is O=C(O)COCOCC1CC1. The molecule has 4 nitrogen and oxygen atoms in total. The van der Waals surface area contributed by atoms with Crippen molar-refractivity contribution in [1.82, 2.24) is 0 Å². The minimum atomic E-state index is -0.958. The van der Waals surface area contributed by atoms with Crippen molar-refractivity contribution >= 4 is 5.97 Å². The molecule has 0 atom stereocenters. The molecule has 1 N–H and O–H groups in total. The second-order valence-electron chi connectivity index (χ2n) is 2.67. The van der Waals surface area contributed by atoms with Crippen LogP contribution in [-0.2, 0) is 14.3 Å². The fourth-order valence-corrected chi connectivity index (χ4v) is 0.687. The summed E-state index contributed by atoms with van der Waals surface area (Å²) in [5.41, 5.74) is 0. The smallest absolute Gasteiger partial charge is 0.329 e. The summed E-state index contributed by atoms with van der Waals surface area (Å²) in [6.45, 7) is 0.535. The second-order valence-corrected chi connectivity index (χ2v) is 2.67.